The zero-order valence-electron chi connectivity index (χ0n) is 27.4. The Morgan fingerprint density at radius 2 is 1.68 bits per heavy atom. The quantitative estimate of drug-likeness (QED) is 0.0378. The van der Waals surface area contributed by atoms with Gasteiger partial charge in [-0.15, -0.1) is 0 Å². The fourth-order valence-corrected chi connectivity index (χ4v) is 8.73. The van der Waals surface area contributed by atoms with E-state index in [0.717, 1.165) is 12.8 Å². The summed E-state index contributed by atoms with van der Waals surface area (Å²) in [6.07, 6.45) is 1.26. The van der Waals surface area contributed by atoms with Crippen molar-refractivity contribution in [3.8, 4) is 0 Å². The number of amides is 1. The van der Waals surface area contributed by atoms with Gasteiger partial charge >= 0.3 is 5.97 Å². The minimum Gasteiger partial charge on any atom is -0.456 e. The van der Waals surface area contributed by atoms with Crippen LogP contribution in [0.5, 0.6) is 0 Å². The fraction of sp³-hybridized carbons (Fsp3) is 0.655. The highest BCUT2D eigenvalue weighted by Crippen LogP contribution is 2.54. The van der Waals surface area contributed by atoms with Gasteiger partial charge in [-0.05, 0) is 49.2 Å². The molecule has 1 aromatic rings. The Morgan fingerprint density at radius 3 is 2.16 bits per heavy atom. The van der Waals surface area contributed by atoms with Gasteiger partial charge in [0.2, 0.25) is 11.3 Å². The predicted molar refractivity (Wildman–Crippen MR) is 175 cm³/mol. The van der Waals surface area contributed by atoms with E-state index in [1.807, 2.05) is 13.8 Å². The number of β-lactam (4-membered cyclic amide) rings is 1. The van der Waals surface area contributed by atoms with Crippen molar-refractivity contribution in [3.63, 3.8) is 0 Å². The molecular formula is C29H47N2O10PSSi. The summed E-state index contributed by atoms with van der Waals surface area (Å²) in [6.45, 7) is 14.1. The normalized spacial score (nSPS) is 18.0. The first-order valence-electron chi connectivity index (χ1n) is 14.5. The second kappa shape index (κ2) is 16.0. The Bertz CT molecular complexity index is 1230. The summed E-state index contributed by atoms with van der Waals surface area (Å²) in [5.41, 5.74) is 0.123. The van der Waals surface area contributed by atoms with Crippen molar-refractivity contribution in [2.24, 2.45) is 5.92 Å². The molecule has 15 heteroatoms. The highest BCUT2D eigenvalue weighted by atomic mass is 32.2. The summed E-state index contributed by atoms with van der Waals surface area (Å²) >= 11 is 1.20. The summed E-state index contributed by atoms with van der Waals surface area (Å²) in [6, 6.07) is 4.81. The van der Waals surface area contributed by atoms with Crippen LogP contribution in [0, 0.1) is 16.0 Å². The SMILES string of the molecule is CCCCSC(=O)C[C@@H]1[C@@H]([C@@H](C)O[Si](C)(C)C(C)(C)C)C(=O)N1C(C(=O)OCc1ccc([N+](=O)[O-])cc1)=P(OC)(OC)OC. The van der Waals surface area contributed by atoms with E-state index < -0.39 is 50.7 Å². The molecule has 1 fully saturated rings. The van der Waals surface area contributed by atoms with Gasteiger partial charge in [0.15, 0.2) is 13.4 Å². The number of hydrogen-bond acceptors (Lipinski definition) is 11. The average molecular weight is 675 g/mol. The third kappa shape index (κ3) is 8.80. The minimum absolute atomic E-state index is 0.0216. The van der Waals surface area contributed by atoms with Crippen LogP contribution in [0.25, 0.3) is 0 Å². The lowest BCUT2D eigenvalue weighted by Gasteiger charge is -2.51. The highest BCUT2D eigenvalue weighted by Gasteiger charge is 2.57. The Kier molecular flexibility index (Phi) is 13.8. The molecular weight excluding hydrogens is 627 g/mol. The molecule has 248 valence electrons. The number of thioether (sulfide) groups is 1. The van der Waals surface area contributed by atoms with Crippen molar-refractivity contribution < 1.29 is 42.0 Å². The molecule has 1 heterocycles. The van der Waals surface area contributed by atoms with E-state index in [0.29, 0.717) is 11.3 Å². The molecule has 0 aliphatic carbocycles. The number of benzene rings is 1. The van der Waals surface area contributed by atoms with E-state index in [-0.39, 0.29) is 34.3 Å². The van der Waals surface area contributed by atoms with Crippen molar-refractivity contribution in [1.29, 1.82) is 0 Å². The lowest BCUT2D eigenvalue weighted by atomic mass is 9.81. The second-order valence-electron chi connectivity index (χ2n) is 12.0. The molecule has 1 aliphatic rings. The number of likely N-dealkylation sites (tertiary alicyclic amines) is 1. The van der Waals surface area contributed by atoms with Gasteiger partial charge in [0, 0.05) is 45.6 Å². The van der Waals surface area contributed by atoms with Gasteiger partial charge in [-0.3, -0.25) is 24.6 Å². The molecule has 44 heavy (non-hydrogen) atoms. The van der Waals surface area contributed by atoms with Crippen LogP contribution in [0.1, 0.15) is 59.4 Å². The first-order valence-corrected chi connectivity index (χ1v) is 19.9. The number of nitro groups is 1. The van der Waals surface area contributed by atoms with E-state index in [9.17, 15) is 24.5 Å². The number of esters is 1. The molecule has 0 aromatic heterocycles. The fourth-order valence-electron chi connectivity index (χ4n) is 4.59. The Labute approximate surface area is 266 Å². The largest absolute Gasteiger partial charge is 0.456 e. The number of carbonyl (C=O) groups is 3. The standard InChI is InChI=1S/C29H47N2O10PSSi/c1-11-12-17-43-24(32)18-23-25(20(2)41-44(9,10)29(3,4)5)26(33)30(23)27(42(37-6,38-7)39-8)28(34)40-19-21-13-15-22(16-14-21)31(35)36/h13-16,20,23,25H,11-12,17-19H2,1-10H3/t20-,23-,25-/m1/s1. The summed E-state index contributed by atoms with van der Waals surface area (Å²) < 4.78 is 29.0. The van der Waals surface area contributed by atoms with Crippen LogP contribution in [-0.4, -0.2) is 79.8 Å². The third-order valence-electron chi connectivity index (χ3n) is 8.11. The highest BCUT2D eigenvalue weighted by molar-refractivity contribution is 8.13. The van der Waals surface area contributed by atoms with Gasteiger partial charge in [0.05, 0.1) is 23.0 Å². The predicted octanol–water partition coefficient (Wildman–Crippen LogP) is 6.16. The smallest absolute Gasteiger partial charge is 0.362 e. The van der Waals surface area contributed by atoms with Crippen LogP contribution in [0.2, 0.25) is 18.1 Å². The van der Waals surface area contributed by atoms with Crippen molar-refractivity contribution in [2.75, 3.05) is 27.1 Å². The first kappa shape index (κ1) is 38.1. The minimum atomic E-state index is -3.63. The molecule has 0 spiro atoms. The van der Waals surface area contributed by atoms with Crippen LogP contribution in [0.15, 0.2) is 24.3 Å². The van der Waals surface area contributed by atoms with Gasteiger partial charge < -0.3 is 22.7 Å². The molecule has 1 saturated heterocycles. The first-order chi connectivity index (χ1) is 20.5. The van der Waals surface area contributed by atoms with Crippen LogP contribution in [0.3, 0.4) is 0 Å². The van der Waals surface area contributed by atoms with E-state index in [4.69, 9.17) is 22.7 Å². The summed E-state index contributed by atoms with van der Waals surface area (Å²) in [5.74, 6) is -1.41. The molecule has 1 amide bonds. The van der Waals surface area contributed by atoms with E-state index >= 15 is 0 Å². The Morgan fingerprint density at radius 1 is 1.11 bits per heavy atom. The third-order valence-corrected chi connectivity index (χ3v) is 16.0. The van der Waals surface area contributed by atoms with E-state index in [2.05, 4.69) is 33.9 Å². The van der Waals surface area contributed by atoms with E-state index in [1.54, 1.807) is 0 Å². The number of unbranched alkanes of at least 4 members (excludes halogenated alkanes) is 1. The number of nitro benzene ring substituents is 1. The van der Waals surface area contributed by atoms with Gasteiger partial charge in [-0.2, -0.15) is 0 Å². The van der Waals surface area contributed by atoms with Gasteiger partial charge in [-0.1, -0.05) is 45.9 Å². The van der Waals surface area contributed by atoms with Crippen LogP contribution in [0.4, 0.5) is 5.69 Å². The van der Waals surface area contributed by atoms with Crippen LogP contribution in [-0.2, 0) is 43.7 Å². The summed E-state index contributed by atoms with van der Waals surface area (Å²) in [4.78, 5) is 52.7. The topological polar surface area (TPSA) is 144 Å². The van der Waals surface area contributed by atoms with Gasteiger partial charge in [0.1, 0.15) is 6.61 Å². The maximum Gasteiger partial charge on any atom is 0.362 e. The molecule has 3 atom stereocenters. The molecule has 0 unspecified atom stereocenters. The number of rotatable bonds is 16. The molecule has 0 bridgehead atoms. The Hall–Kier alpha value is -2.06. The Balaban J connectivity index is 2.53. The van der Waals surface area contributed by atoms with Crippen molar-refractivity contribution in [1.82, 2.24) is 4.90 Å². The monoisotopic (exact) mass is 674 g/mol. The van der Waals surface area contributed by atoms with Crippen LogP contribution < -0.4 is 0 Å². The lowest BCUT2D eigenvalue weighted by Crippen LogP contribution is -2.69. The number of nitrogens with zero attached hydrogens (tertiary/aromatic N) is 2. The number of ether oxygens (including phenoxy) is 1. The molecule has 0 saturated carbocycles. The van der Waals surface area contributed by atoms with Gasteiger partial charge in [0.25, 0.3) is 13.3 Å². The van der Waals surface area contributed by atoms with Gasteiger partial charge in [-0.25, -0.2) is 4.79 Å². The lowest BCUT2D eigenvalue weighted by molar-refractivity contribution is -0.384. The molecule has 1 aliphatic heterocycles. The zero-order valence-corrected chi connectivity index (χ0v) is 30.1. The van der Waals surface area contributed by atoms with Crippen LogP contribution >= 0.6 is 19.3 Å². The second-order valence-corrected chi connectivity index (χ2v) is 20.5. The average Bonchev–Trinajstić information content (AvgIpc) is 2.95. The number of hydrogen-bond donors (Lipinski definition) is 0. The van der Waals surface area contributed by atoms with Crippen molar-refractivity contribution in [2.45, 2.75) is 90.8 Å². The van der Waals surface area contributed by atoms with E-state index in [1.165, 1.54) is 62.3 Å². The number of carbonyl (C=O) groups excluding carboxylic acids is 3. The zero-order chi connectivity index (χ0) is 33.5. The molecule has 12 nitrogen and oxygen atoms in total. The molecule has 0 N–H and O–H groups in total. The molecule has 0 radical (unpaired) electrons. The maximum absolute atomic E-state index is 14.0. The summed E-state index contributed by atoms with van der Waals surface area (Å²) in [7, 11) is -2.02. The summed E-state index contributed by atoms with van der Waals surface area (Å²) in [5, 5.41) is 10.8. The van der Waals surface area contributed by atoms with Crippen molar-refractivity contribution >= 4 is 55.7 Å². The molecule has 2 rings (SSSR count). The molecule has 1 aromatic carbocycles. The van der Waals surface area contributed by atoms with Crippen molar-refractivity contribution in [3.05, 3.63) is 39.9 Å². The number of non-ortho nitro benzene ring substituents is 1. The maximum atomic E-state index is 14.0.